The van der Waals surface area contributed by atoms with E-state index in [9.17, 15) is 9.18 Å². The van der Waals surface area contributed by atoms with Crippen LogP contribution < -0.4 is 4.74 Å². The van der Waals surface area contributed by atoms with Crippen molar-refractivity contribution in [2.75, 3.05) is 0 Å². The number of hydrogen-bond donors (Lipinski definition) is 0. The van der Waals surface area contributed by atoms with Crippen LogP contribution in [0.3, 0.4) is 0 Å². The fourth-order valence-corrected chi connectivity index (χ4v) is 3.07. The minimum absolute atomic E-state index is 0.00195. The lowest BCUT2D eigenvalue weighted by atomic mass is 9.90. The summed E-state index contributed by atoms with van der Waals surface area (Å²) in [5, 5.41) is 0.00195. The average Bonchev–Trinajstić information content (AvgIpc) is 2.86. The number of carbonyl (C=O) groups is 1. The van der Waals surface area contributed by atoms with Gasteiger partial charge in [0.1, 0.15) is 11.6 Å². The first-order valence-corrected chi connectivity index (χ1v) is 7.12. The molecule has 1 aliphatic rings. The molecule has 1 atom stereocenters. The smallest absolute Gasteiger partial charge is 0.193 e. The maximum Gasteiger partial charge on any atom is 0.193 e. The van der Waals surface area contributed by atoms with Crippen LogP contribution >= 0.6 is 27.5 Å². The average molecular weight is 356 g/mol. The van der Waals surface area contributed by atoms with E-state index in [4.69, 9.17) is 16.3 Å². The second-order valence-corrected chi connectivity index (χ2v) is 5.79. The second kappa shape index (κ2) is 4.86. The van der Waals surface area contributed by atoms with E-state index >= 15 is 0 Å². The molecule has 102 valence electrons. The monoisotopic (exact) mass is 354 g/mol. The lowest BCUT2D eigenvalue weighted by molar-refractivity contribution is -0.120. The molecule has 0 spiro atoms. The van der Waals surface area contributed by atoms with Gasteiger partial charge in [0.05, 0.1) is 5.02 Å². The third-order valence-electron chi connectivity index (χ3n) is 3.41. The molecule has 5 heteroatoms. The summed E-state index contributed by atoms with van der Waals surface area (Å²) in [5.74, 6) is -0.234. The lowest BCUT2D eigenvalue weighted by Gasteiger charge is -2.22. The summed E-state index contributed by atoms with van der Waals surface area (Å²) in [7, 11) is 0. The summed E-state index contributed by atoms with van der Waals surface area (Å²) in [6.45, 7) is 0. The van der Waals surface area contributed by atoms with Crippen molar-refractivity contribution < 1.29 is 13.9 Å². The predicted octanol–water partition coefficient (Wildman–Crippen LogP) is 4.27. The first kappa shape index (κ1) is 13.6. The Labute approximate surface area is 128 Å². The summed E-state index contributed by atoms with van der Waals surface area (Å²) in [6, 6.07) is 10.4. The van der Waals surface area contributed by atoms with Gasteiger partial charge in [-0.25, -0.2) is 4.39 Å². The van der Waals surface area contributed by atoms with Gasteiger partial charge in [-0.1, -0.05) is 41.9 Å². The Kier molecular flexibility index (Phi) is 3.30. The molecule has 0 bridgehead atoms. The Balaban J connectivity index is 2.13. The molecule has 3 rings (SSSR count). The molecule has 0 aromatic heterocycles. The molecule has 2 nitrogen and oxygen atoms in total. The van der Waals surface area contributed by atoms with Crippen molar-refractivity contribution in [1.82, 2.24) is 0 Å². The summed E-state index contributed by atoms with van der Waals surface area (Å²) >= 11 is 9.15. The largest absolute Gasteiger partial charge is 0.474 e. The van der Waals surface area contributed by atoms with Gasteiger partial charge in [-0.2, -0.15) is 0 Å². The Morgan fingerprint density at radius 2 is 2.05 bits per heavy atom. The maximum absolute atomic E-state index is 13.7. The molecule has 0 fully saturated rings. The van der Waals surface area contributed by atoms with Crippen LogP contribution in [-0.2, 0) is 16.8 Å². The zero-order valence-corrected chi connectivity index (χ0v) is 12.5. The van der Waals surface area contributed by atoms with E-state index in [1.807, 2.05) is 30.3 Å². The van der Waals surface area contributed by atoms with Gasteiger partial charge < -0.3 is 4.74 Å². The van der Waals surface area contributed by atoms with E-state index in [1.54, 1.807) is 0 Å². The molecule has 0 radical (unpaired) electrons. The van der Waals surface area contributed by atoms with Crippen molar-refractivity contribution in [2.24, 2.45) is 0 Å². The van der Waals surface area contributed by atoms with Crippen LogP contribution in [0.15, 0.2) is 40.9 Å². The van der Waals surface area contributed by atoms with Crippen molar-refractivity contribution in [3.05, 3.63) is 62.8 Å². The van der Waals surface area contributed by atoms with E-state index in [1.165, 1.54) is 6.07 Å². The highest BCUT2D eigenvalue weighted by Crippen LogP contribution is 2.46. The third-order valence-corrected chi connectivity index (χ3v) is 4.88. The van der Waals surface area contributed by atoms with E-state index in [-0.39, 0.29) is 5.02 Å². The van der Waals surface area contributed by atoms with Gasteiger partial charge in [0, 0.05) is 28.1 Å². The van der Waals surface area contributed by atoms with E-state index in [0.717, 1.165) is 11.8 Å². The quantitative estimate of drug-likeness (QED) is 0.594. The SMILES string of the molecule is O=C[C@@]1(c2ccccc2)Cc2c(cc(F)c(Cl)c2Br)O1. The molecule has 0 aliphatic carbocycles. The number of hydrogen-bond acceptors (Lipinski definition) is 2. The molecule has 0 amide bonds. The molecule has 1 aliphatic heterocycles. The number of aldehydes is 1. The van der Waals surface area contributed by atoms with Gasteiger partial charge in [-0.3, -0.25) is 4.79 Å². The van der Waals surface area contributed by atoms with Crippen LogP contribution in [0.2, 0.25) is 5.02 Å². The van der Waals surface area contributed by atoms with Crippen LogP contribution in [0, 0.1) is 5.82 Å². The zero-order valence-electron chi connectivity index (χ0n) is 10.2. The minimum atomic E-state index is -1.12. The standard InChI is InChI=1S/C15H9BrClFO2/c16-13-10-7-15(8-19,9-4-2-1-3-5-9)20-12(10)6-11(18)14(13)17/h1-6,8H,7H2/t15-/m1/s1. The van der Waals surface area contributed by atoms with Crippen molar-refractivity contribution in [2.45, 2.75) is 12.0 Å². The van der Waals surface area contributed by atoms with Crippen molar-refractivity contribution in [1.29, 1.82) is 0 Å². The summed E-state index contributed by atoms with van der Waals surface area (Å²) < 4.78 is 19.9. The molecule has 2 aromatic carbocycles. The topological polar surface area (TPSA) is 26.3 Å². The molecule has 0 unspecified atom stereocenters. The number of benzene rings is 2. The Hall–Kier alpha value is -1.39. The summed E-state index contributed by atoms with van der Waals surface area (Å²) in [4.78, 5) is 11.6. The zero-order chi connectivity index (χ0) is 14.3. The molecule has 20 heavy (non-hydrogen) atoms. The highest BCUT2D eigenvalue weighted by Gasteiger charge is 2.42. The lowest BCUT2D eigenvalue weighted by Crippen LogP contribution is -2.33. The van der Waals surface area contributed by atoms with Gasteiger partial charge in [-0.15, -0.1) is 0 Å². The van der Waals surface area contributed by atoms with Crippen molar-refractivity contribution in [3.8, 4) is 5.75 Å². The van der Waals surface area contributed by atoms with Gasteiger partial charge in [0.25, 0.3) is 0 Å². The van der Waals surface area contributed by atoms with Crippen LogP contribution in [-0.4, -0.2) is 6.29 Å². The van der Waals surface area contributed by atoms with Gasteiger partial charge >= 0.3 is 0 Å². The predicted molar refractivity (Wildman–Crippen MR) is 77.6 cm³/mol. The molecule has 2 aromatic rings. The number of fused-ring (bicyclic) bond motifs is 1. The normalized spacial score (nSPS) is 20.4. The first-order valence-electron chi connectivity index (χ1n) is 5.94. The van der Waals surface area contributed by atoms with Crippen molar-refractivity contribution in [3.63, 3.8) is 0 Å². The van der Waals surface area contributed by atoms with Crippen LogP contribution in [0.5, 0.6) is 5.75 Å². The van der Waals surface area contributed by atoms with E-state index < -0.39 is 11.4 Å². The van der Waals surface area contributed by atoms with Gasteiger partial charge in [0.2, 0.25) is 0 Å². The van der Waals surface area contributed by atoms with Crippen LogP contribution in [0.25, 0.3) is 0 Å². The van der Waals surface area contributed by atoms with E-state index in [0.29, 0.717) is 22.2 Å². The highest BCUT2D eigenvalue weighted by atomic mass is 79.9. The third kappa shape index (κ3) is 1.95. The molecule has 1 heterocycles. The van der Waals surface area contributed by atoms with Crippen LogP contribution in [0.1, 0.15) is 11.1 Å². The molecular weight excluding hydrogens is 347 g/mol. The molecule has 0 saturated carbocycles. The molecule has 0 N–H and O–H groups in total. The van der Waals surface area contributed by atoms with Crippen molar-refractivity contribution >= 4 is 33.8 Å². The highest BCUT2D eigenvalue weighted by molar-refractivity contribution is 9.10. The number of ether oxygens (including phenoxy) is 1. The van der Waals surface area contributed by atoms with Gasteiger partial charge in [0.15, 0.2) is 11.9 Å². The Morgan fingerprint density at radius 3 is 2.70 bits per heavy atom. The van der Waals surface area contributed by atoms with Gasteiger partial charge in [-0.05, 0) is 15.9 Å². The maximum atomic E-state index is 13.7. The number of carbonyl (C=O) groups excluding carboxylic acids is 1. The number of rotatable bonds is 2. The number of halogens is 3. The Morgan fingerprint density at radius 1 is 1.35 bits per heavy atom. The molecular formula is C15H9BrClFO2. The summed E-state index contributed by atoms with van der Waals surface area (Å²) in [6.07, 6.45) is 1.07. The second-order valence-electron chi connectivity index (χ2n) is 4.62. The summed E-state index contributed by atoms with van der Waals surface area (Å²) in [5.41, 5.74) is 0.311. The fourth-order valence-electron chi connectivity index (χ4n) is 2.38. The van der Waals surface area contributed by atoms with Crippen LogP contribution in [0.4, 0.5) is 4.39 Å². The Bertz CT molecular complexity index is 690. The minimum Gasteiger partial charge on any atom is -0.474 e. The first-order chi connectivity index (χ1) is 9.57. The fraction of sp³-hybridized carbons (Fsp3) is 0.133. The van der Waals surface area contributed by atoms with E-state index in [2.05, 4.69) is 15.9 Å². The molecule has 0 saturated heterocycles.